The summed E-state index contributed by atoms with van der Waals surface area (Å²) in [4.78, 5) is 25.1. The molecule has 1 saturated heterocycles. The van der Waals surface area contributed by atoms with Gasteiger partial charge in [-0.1, -0.05) is 32.1 Å². The quantitative estimate of drug-likeness (QED) is 0.679. The van der Waals surface area contributed by atoms with Crippen LogP contribution >= 0.6 is 12.2 Å². The van der Waals surface area contributed by atoms with Crippen molar-refractivity contribution in [2.24, 2.45) is 17.6 Å². The van der Waals surface area contributed by atoms with Gasteiger partial charge in [-0.15, -0.1) is 0 Å². The fraction of sp³-hybridized carbons (Fsp3) is 0.357. The molecule has 0 radical (unpaired) electrons. The van der Waals surface area contributed by atoms with Gasteiger partial charge in [0.2, 0.25) is 11.8 Å². The van der Waals surface area contributed by atoms with Crippen LogP contribution in [0.1, 0.15) is 25.0 Å². The molecule has 2 rings (SSSR count). The van der Waals surface area contributed by atoms with Gasteiger partial charge in [-0.2, -0.15) is 0 Å². The summed E-state index contributed by atoms with van der Waals surface area (Å²) in [5.41, 5.74) is 6.18. The molecule has 20 heavy (non-hydrogen) atoms. The number of nitrogens with two attached hydrogens (primary N) is 1. The Hall–Kier alpha value is -1.82. The number of hydrogen-bond donors (Lipinski definition) is 1. The van der Waals surface area contributed by atoms with Crippen LogP contribution in [0.2, 0.25) is 0 Å². The van der Waals surface area contributed by atoms with Gasteiger partial charge >= 0.3 is 0 Å². The van der Waals surface area contributed by atoms with Gasteiger partial charge in [0, 0.05) is 17.4 Å². The largest absolute Gasteiger partial charge is 0.389 e. The minimum atomic E-state index is -0.512. The van der Waals surface area contributed by atoms with Crippen molar-refractivity contribution in [3.8, 4) is 0 Å². The monoisotopic (exact) mass is 294 g/mol. The van der Waals surface area contributed by atoms with E-state index < -0.39 is 5.82 Å². The third-order valence-electron chi connectivity index (χ3n) is 3.70. The van der Waals surface area contributed by atoms with Gasteiger partial charge in [-0.3, -0.25) is 14.5 Å². The highest BCUT2D eigenvalue weighted by atomic mass is 32.1. The molecule has 2 unspecified atom stereocenters. The van der Waals surface area contributed by atoms with Crippen molar-refractivity contribution in [2.45, 2.75) is 20.4 Å². The minimum Gasteiger partial charge on any atom is -0.389 e. The molecule has 106 valence electrons. The molecule has 0 saturated carbocycles. The average molecular weight is 294 g/mol. The second-order valence-corrected chi connectivity index (χ2v) is 5.46. The lowest BCUT2D eigenvalue weighted by Gasteiger charge is -2.15. The first-order valence-electron chi connectivity index (χ1n) is 6.26. The highest BCUT2D eigenvalue weighted by molar-refractivity contribution is 7.80. The first kappa shape index (κ1) is 14.6. The molecule has 0 spiro atoms. The van der Waals surface area contributed by atoms with Crippen LogP contribution in [-0.4, -0.2) is 21.7 Å². The van der Waals surface area contributed by atoms with Crippen molar-refractivity contribution in [3.05, 3.63) is 35.1 Å². The predicted molar refractivity (Wildman–Crippen MR) is 76.2 cm³/mol. The van der Waals surface area contributed by atoms with Crippen molar-refractivity contribution in [1.29, 1.82) is 0 Å². The maximum absolute atomic E-state index is 13.5. The van der Waals surface area contributed by atoms with Crippen molar-refractivity contribution in [2.75, 3.05) is 0 Å². The fourth-order valence-electron chi connectivity index (χ4n) is 2.23. The van der Waals surface area contributed by atoms with E-state index in [1.807, 2.05) is 0 Å². The van der Waals surface area contributed by atoms with Crippen LogP contribution in [0.5, 0.6) is 0 Å². The normalized spacial score (nSPS) is 22.4. The van der Waals surface area contributed by atoms with Gasteiger partial charge in [0.15, 0.2) is 0 Å². The highest BCUT2D eigenvalue weighted by Crippen LogP contribution is 2.27. The van der Waals surface area contributed by atoms with E-state index in [4.69, 9.17) is 18.0 Å². The van der Waals surface area contributed by atoms with Gasteiger partial charge in [-0.25, -0.2) is 4.39 Å². The molecule has 2 N–H and O–H groups in total. The molecule has 1 aromatic carbocycles. The summed E-state index contributed by atoms with van der Waals surface area (Å²) in [7, 11) is 0. The maximum atomic E-state index is 13.5. The maximum Gasteiger partial charge on any atom is 0.233 e. The lowest BCUT2D eigenvalue weighted by Crippen LogP contribution is -2.30. The third kappa shape index (κ3) is 2.43. The number of benzene rings is 1. The summed E-state index contributed by atoms with van der Waals surface area (Å²) in [5.74, 6) is -1.56. The SMILES string of the molecule is CC1C(=O)N(Cc2ccc(F)c(C(N)=S)c2)C(=O)C1C. The molecule has 0 aliphatic carbocycles. The Kier molecular flexibility index (Phi) is 3.85. The summed E-state index contributed by atoms with van der Waals surface area (Å²) in [6.45, 7) is 3.58. The van der Waals surface area contributed by atoms with Crippen LogP contribution in [-0.2, 0) is 16.1 Å². The molecule has 4 nitrogen and oxygen atoms in total. The van der Waals surface area contributed by atoms with Crippen molar-refractivity contribution < 1.29 is 14.0 Å². The number of hydrogen-bond acceptors (Lipinski definition) is 3. The number of rotatable bonds is 3. The standard InChI is InChI=1S/C14H15FN2O2S/c1-7-8(2)14(19)17(13(7)18)6-9-3-4-11(15)10(5-9)12(16)20/h3-5,7-8H,6H2,1-2H3,(H2,16,20). The molecule has 1 aliphatic heterocycles. The van der Waals surface area contributed by atoms with Gasteiger partial charge < -0.3 is 5.73 Å². The van der Waals surface area contributed by atoms with Gasteiger partial charge in [0.05, 0.1) is 6.54 Å². The molecule has 2 atom stereocenters. The Morgan fingerprint density at radius 1 is 1.30 bits per heavy atom. The van der Waals surface area contributed by atoms with E-state index in [0.717, 1.165) is 0 Å². The summed E-state index contributed by atoms with van der Waals surface area (Å²) in [6, 6.07) is 4.24. The average Bonchev–Trinajstić information content (AvgIpc) is 2.58. The van der Waals surface area contributed by atoms with E-state index in [0.29, 0.717) is 5.56 Å². The number of likely N-dealkylation sites (tertiary alicyclic amines) is 1. The Balaban J connectivity index is 2.27. The first-order chi connectivity index (χ1) is 9.32. The molecule has 1 aliphatic rings. The predicted octanol–water partition coefficient (Wildman–Crippen LogP) is 1.60. The van der Waals surface area contributed by atoms with Crippen molar-refractivity contribution in [3.63, 3.8) is 0 Å². The zero-order valence-electron chi connectivity index (χ0n) is 11.2. The van der Waals surface area contributed by atoms with E-state index in [1.165, 1.54) is 23.1 Å². The number of thiocarbonyl (C=S) groups is 1. The van der Waals surface area contributed by atoms with Crippen LogP contribution in [0.15, 0.2) is 18.2 Å². The summed E-state index contributed by atoms with van der Waals surface area (Å²) in [6.07, 6.45) is 0. The molecule has 1 fully saturated rings. The summed E-state index contributed by atoms with van der Waals surface area (Å²) in [5, 5.41) is 0. The van der Waals surface area contributed by atoms with Gasteiger partial charge in [-0.05, 0) is 17.7 Å². The van der Waals surface area contributed by atoms with Crippen LogP contribution < -0.4 is 5.73 Å². The van der Waals surface area contributed by atoms with Crippen LogP contribution in [0, 0.1) is 17.7 Å². The molecule has 0 bridgehead atoms. The molecule has 2 amide bonds. The topological polar surface area (TPSA) is 63.4 Å². The summed E-state index contributed by atoms with van der Waals surface area (Å²) >= 11 is 4.77. The van der Waals surface area contributed by atoms with Crippen LogP contribution in [0.4, 0.5) is 4.39 Å². The van der Waals surface area contributed by atoms with Crippen molar-refractivity contribution in [1.82, 2.24) is 4.90 Å². The lowest BCUT2D eigenvalue weighted by atomic mass is 10.00. The fourth-order valence-corrected chi connectivity index (χ4v) is 2.38. The van der Waals surface area contributed by atoms with E-state index in [2.05, 4.69) is 0 Å². The molecule has 1 heterocycles. The zero-order chi connectivity index (χ0) is 15.0. The van der Waals surface area contributed by atoms with Crippen LogP contribution in [0.3, 0.4) is 0 Å². The van der Waals surface area contributed by atoms with E-state index in [9.17, 15) is 14.0 Å². The zero-order valence-corrected chi connectivity index (χ0v) is 12.0. The van der Waals surface area contributed by atoms with E-state index in [1.54, 1.807) is 13.8 Å². The van der Waals surface area contributed by atoms with Gasteiger partial charge in [0.1, 0.15) is 10.8 Å². The molecular weight excluding hydrogens is 279 g/mol. The Bertz CT molecular complexity index is 583. The number of carbonyl (C=O) groups is 2. The second kappa shape index (κ2) is 5.28. The molecule has 0 aromatic heterocycles. The highest BCUT2D eigenvalue weighted by Gasteiger charge is 2.41. The Morgan fingerprint density at radius 3 is 2.35 bits per heavy atom. The number of amides is 2. The Morgan fingerprint density at radius 2 is 1.85 bits per heavy atom. The molecule has 6 heteroatoms. The van der Waals surface area contributed by atoms with Crippen molar-refractivity contribution >= 4 is 29.0 Å². The second-order valence-electron chi connectivity index (χ2n) is 5.02. The minimum absolute atomic E-state index is 0.0508. The third-order valence-corrected chi connectivity index (χ3v) is 3.92. The Labute approximate surface area is 121 Å². The first-order valence-corrected chi connectivity index (χ1v) is 6.67. The smallest absolute Gasteiger partial charge is 0.233 e. The number of imide groups is 1. The molecular formula is C14H15FN2O2S. The van der Waals surface area contributed by atoms with Crippen LogP contribution in [0.25, 0.3) is 0 Å². The molecule has 1 aromatic rings. The van der Waals surface area contributed by atoms with E-state index >= 15 is 0 Å². The number of nitrogens with zero attached hydrogens (tertiary/aromatic N) is 1. The van der Waals surface area contributed by atoms with Gasteiger partial charge in [0.25, 0.3) is 0 Å². The lowest BCUT2D eigenvalue weighted by molar-refractivity contribution is -0.140. The number of halogens is 1. The summed E-state index contributed by atoms with van der Waals surface area (Å²) < 4.78 is 13.5. The number of carbonyl (C=O) groups excluding carboxylic acids is 2. The van der Waals surface area contributed by atoms with E-state index in [-0.39, 0.29) is 40.7 Å².